The number of nitro groups is 1. The smallest absolute Gasteiger partial charge is 0.332 e. The zero-order chi connectivity index (χ0) is 14.3. The minimum absolute atomic E-state index is 0.0296. The number of aliphatic carboxylic acids is 1. The molecule has 104 valence electrons. The zero-order valence-electron chi connectivity index (χ0n) is 10.4. The fourth-order valence-electron chi connectivity index (χ4n) is 1.49. The molecule has 0 saturated carbocycles. The number of nitrogens with zero attached hydrogens (tertiary/aromatic N) is 1. The van der Waals surface area contributed by atoms with E-state index in [0.717, 1.165) is 0 Å². The summed E-state index contributed by atoms with van der Waals surface area (Å²) >= 11 is 0. The number of carboxylic acids is 1. The number of ether oxygens (including phenoxy) is 2. The second kappa shape index (κ2) is 7.32. The van der Waals surface area contributed by atoms with Crippen LogP contribution in [0.5, 0.6) is 5.75 Å². The molecule has 1 N–H and O–H groups in total. The first-order valence-electron chi connectivity index (χ1n) is 5.77. The highest BCUT2D eigenvalue weighted by atomic mass is 16.6. The van der Waals surface area contributed by atoms with Gasteiger partial charge in [-0.3, -0.25) is 10.1 Å². The number of para-hydroxylation sites is 2. The quantitative estimate of drug-likeness (QED) is 0.571. The molecule has 0 spiro atoms. The highest BCUT2D eigenvalue weighted by Gasteiger charge is 2.19. The van der Waals surface area contributed by atoms with Crippen LogP contribution < -0.4 is 4.74 Å². The van der Waals surface area contributed by atoms with Crippen LogP contribution in [0.1, 0.15) is 13.3 Å². The fourth-order valence-corrected chi connectivity index (χ4v) is 1.49. The highest BCUT2D eigenvalue weighted by molar-refractivity contribution is 5.72. The van der Waals surface area contributed by atoms with E-state index in [1.807, 2.05) is 0 Å². The Morgan fingerprint density at radius 3 is 2.74 bits per heavy atom. The molecule has 0 bridgehead atoms. The third-order valence-electron chi connectivity index (χ3n) is 2.34. The Morgan fingerprint density at radius 1 is 1.47 bits per heavy atom. The van der Waals surface area contributed by atoms with Crippen LogP contribution in [0.15, 0.2) is 24.3 Å². The molecule has 7 heteroatoms. The molecule has 7 nitrogen and oxygen atoms in total. The van der Waals surface area contributed by atoms with E-state index < -0.39 is 17.0 Å². The maximum atomic E-state index is 10.8. The number of hydrogen-bond donors (Lipinski definition) is 1. The first kappa shape index (κ1) is 14.9. The molecule has 0 aliphatic rings. The van der Waals surface area contributed by atoms with E-state index in [2.05, 4.69) is 0 Å². The van der Waals surface area contributed by atoms with Crippen LogP contribution in [0, 0.1) is 10.1 Å². The second-order valence-corrected chi connectivity index (χ2v) is 3.64. The molecule has 1 aromatic rings. The predicted molar refractivity (Wildman–Crippen MR) is 66.3 cm³/mol. The van der Waals surface area contributed by atoms with Gasteiger partial charge in [-0.05, 0) is 13.0 Å². The van der Waals surface area contributed by atoms with Crippen LogP contribution in [0.4, 0.5) is 5.69 Å². The predicted octanol–water partition coefficient (Wildman–Crippen LogP) is 1.85. The van der Waals surface area contributed by atoms with Crippen molar-refractivity contribution in [1.82, 2.24) is 0 Å². The van der Waals surface area contributed by atoms with E-state index in [-0.39, 0.29) is 31.1 Å². The number of nitro benzene ring substituents is 1. The Kier molecular flexibility index (Phi) is 5.74. The molecule has 0 heterocycles. The van der Waals surface area contributed by atoms with E-state index in [9.17, 15) is 14.9 Å². The van der Waals surface area contributed by atoms with Gasteiger partial charge in [0.1, 0.15) is 0 Å². The van der Waals surface area contributed by atoms with Crippen LogP contribution in [0.2, 0.25) is 0 Å². The van der Waals surface area contributed by atoms with Gasteiger partial charge < -0.3 is 14.6 Å². The summed E-state index contributed by atoms with van der Waals surface area (Å²) in [7, 11) is 0. The van der Waals surface area contributed by atoms with Crippen molar-refractivity contribution in [1.29, 1.82) is 0 Å². The average molecular weight is 269 g/mol. The molecular weight excluding hydrogens is 254 g/mol. The van der Waals surface area contributed by atoms with Crippen molar-refractivity contribution in [3.8, 4) is 5.75 Å². The number of hydrogen-bond acceptors (Lipinski definition) is 5. The Balaban J connectivity index is 2.57. The zero-order valence-corrected chi connectivity index (χ0v) is 10.4. The lowest BCUT2D eigenvalue weighted by molar-refractivity contribution is -0.385. The summed E-state index contributed by atoms with van der Waals surface area (Å²) < 4.78 is 10.2. The SMILES string of the molecule is CCOC(CCOc1ccccc1[N+](=O)[O-])C(=O)O. The number of carbonyl (C=O) groups is 1. The summed E-state index contributed by atoms with van der Waals surface area (Å²) in [6, 6.07) is 5.94. The Hall–Kier alpha value is -2.15. The lowest BCUT2D eigenvalue weighted by Crippen LogP contribution is -2.26. The first-order valence-corrected chi connectivity index (χ1v) is 5.77. The molecular formula is C12H15NO6. The summed E-state index contributed by atoms with van der Waals surface area (Å²) in [5, 5.41) is 19.6. The van der Waals surface area contributed by atoms with Crippen molar-refractivity contribution < 1.29 is 24.3 Å². The summed E-state index contributed by atoms with van der Waals surface area (Å²) in [5.41, 5.74) is -0.147. The van der Waals surface area contributed by atoms with Gasteiger partial charge in [-0.2, -0.15) is 0 Å². The molecule has 0 saturated heterocycles. The van der Waals surface area contributed by atoms with E-state index in [4.69, 9.17) is 14.6 Å². The molecule has 1 unspecified atom stereocenters. The van der Waals surface area contributed by atoms with Crippen molar-refractivity contribution in [2.75, 3.05) is 13.2 Å². The van der Waals surface area contributed by atoms with E-state index in [1.54, 1.807) is 13.0 Å². The van der Waals surface area contributed by atoms with Crippen LogP contribution in [0.25, 0.3) is 0 Å². The van der Waals surface area contributed by atoms with Crippen molar-refractivity contribution in [3.05, 3.63) is 34.4 Å². The lowest BCUT2D eigenvalue weighted by atomic mass is 10.2. The minimum Gasteiger partial charge on any atom is -0.487 e. The van der Waals surface area contributed by atoms with Gasteiger partial charge in [-0.1, -0.05) is 12.1 Å². The molecule has 0 aliphatic heterocycles. The van der Waals surface area contributed by atoms with Gasteiger partial charge in [0.25, 0.3) is 0 Å². The van der Waals surface area contributed by atoms with Gasteiger partial charge in [-0.15, -0.1) is 0 Å². The maximum absolute atomic E-state index is 10.8. The van der Waals surface area contributed by atoms with Gasteiger partial charge in [0.2, 0.25) is 0 Å². The normalized spacial score (nSPS) is 11.8. The second-order valence-electron chi connectivity index (χ2n) is 3.64. The first-order chi connectivity index (χ1) is 9.06. The third-order valence-corrected chi connectivity index (χ3v) is 2.34. The topological polar surface area (TPSA) is 98.9 Å². The molecule has 1 rings (SSSR count). The standard InChI is InChI=1S/C12H15NO6/c1-2-18-11(12(14)15)7-8-19-10-6-4-3-5-9(10)13(16)17/h3-6,11H,2,7-8H2,1H3,(H,14,15). The Bertz CT molecular complexity index is 448. The molecule has 1 aromatic carbocycles. The van der Waals surface area contributed by atoms with Gasteiger partial charge in [-0.25, -0.2) is 4.79 Å². The van der Waals surface area contributed by atoms with Gasteiger partial charge in [0.05, 0.1) is 11.5 Å². The molecule has 0 aliphatic carbocycles. The summed E-state index contributed by atoms with van der Waals surface area (Å²) in [5.74, 6) is -0.957. The van der Waals surface area contributed by atoms with E-state index in [0.29, 0.717) is 0 Å². The average Bonchev–Trinajstić information content (AvgIpc) is 2.38. The van der Waals surface area contributed by atoms with Crippen molar-refractivity contribution in [2.24, 2.45) is 0 Å². The van der Waals surface area contributed by atoms with Crippen LogP contribution >= 0.6 is 0 Å². The largest absolute Gasteiger partial charge is 0.487 e. The minimum atomic E-state index is -1.08. The van der Waals surface area contributed by atoms with Gasteiger partial charge >= 0.3 is 11.7 Å². The molecule has 1 atom stereocenters. The number of rotatable bonds is 8. The van der Waals surface area contributed by atoms with E-state index in [1.165, 1.54) is 18.2 Å². The van der Waals surface area contributed by atoms with Crippen molar-refractivity contribution >= 4 is 11.7 Å². The van der Waals surface area contributed by atoms with Crippen molar-refractivity contribution in [3.63, 3.8) is 0 Å². The number of carboxylic acid groups (broad SMARTS) is 1. The maximum Gasteiger partial charge on any atom is 0.332 e. The van der Waals surface area contributed by atoms with Gasteiger partial charge in [0.15, 0.2) is 11.9 Å². The fraction of sp³-hybridized carbons (Fsp3) is 0.417. The lowest BCUT2D eigenvalue weighted by Gasteiger charge is -2.12. The monoisotopic (exact) mass is 269 g/mol. The Labute approximate surface area is 109 Å². The summed E-state index contributed by atoms with van der Waals surface area (Å²) in [6.45, 7) is 2.00. The summed E-state index contributed by atoms with van der Waals surface area (Å²) in [6.07, 6.45) is -0.845. The Morgan fingerprint density at radius 2 is 2.16 bits per heavy atom. The van der Waals surface area contributed by atoms with E-state index >= 15 is 0 Å². The van der Waals surface area contributed by atoms with Crippen LogP contribution in [0.3, 0.4) is 0 Å². The molecule has 0 fully saturated rings. The van der Waals surface area contributed by atoms with Crippen molar-refractivity contribution in [2.45, 2.75) is 19.4 Å². The molecule has 19 heavy (non-hydrogen) atoms. The van der Waals surface area contributed by atoms with Gasteiger partial charge in [0, 0.05) is 19.1 Å². The van der Waals surface area contributed by atoms with Crippen LogP contribution in [-0.4, -0.2) is 35.3 Å². The third kappa shape index (κ3) is 4.55. The summed E-state index contributed by atoms with van der Waals surface area (Å²) in [4.78, 5) is 21.0. The number of benzene rings is 1. The molecule has 0 amide bonds. The van der Waals surface area contributed by atoms with Crippen LogP contribution in [-0.2, 0) is 9.53 Å². The molecule has 0 radical (unpaired) electrons. The highest BCUT2D eigenvalue weighted by Crippen LogP contribution is 2.25. The molecule has 0 aromatic heterocycles.